The number of thioether (sulfide) groups is 1. The smallest absolute Gasteiger partial charge is 0.344 e. The van der Waals surface area contributed by atoms with Gasteiger partial charge in [0.15, 0.2) is 0 Å². The second-order valence-corrected chi connectivity index (χ2v) is 7.25. The van der Waals surface area contributed by atoms with Gasteiger partial charge in [-0.1, -0.05) is 12.1 Å². The molecule has 9 heteroatoms. The summed E-state index contributed by atoms with van der Waals surface area (Å²) in [5, 5.41) is 2.63. The second kappa shape index (κ2) is 10.1. The predicted molar refractivity (Wildman–Crippen MR) is 96.7 cm³/mol. The minimum Gasteiger partial charge on any atom is -0.344 e. The number of hydrogen-bond donors (Lipinski definition) is 1. The Morgan fingerprint density at radius 1 is 1.32 bits per heavy atom. The molecule has 0 spiro atoms. The lowest BCUT2D eigenvalue weighted by Crippen LogP contribution is -2.48. The number of benzene rings is 1. The molecule has 0 aliphatic carbocycles. The molecule has 0 aliphatic heterocycles. The topological polar surface area (TPSA) is 49.4 Å². The number of alkyl halides is 3. The van der Waals surface area contributed by atoms with Crippen LogP contribution in [0.5, 0.6) is 0 Å². The molecule has 0 aliphatic rings. The van der Waals surface area contributed by atoms with E-state index in [1.165, 1.54) is 18.8 Å². The van der Waals surface area contributed by atoms with Crippen LogP contribution in [0, 0.1) is 0 Å². The molecule has 0 radical (unpaired) electrons. The van der Waals surface area contributed by atoms with Crippen LogP contribution in [0.25, 0.3) is 0 Å². The van der Waals surface area contributed by atoms with E-state index in [9.17, 15) is 22.8 Å². The van der Waals surface area contributed by atoms with Crippen LogP contribution in [0.3, 0.4) is 0 Å². The summed E-state index contributed by atoms with van der Waals surface area (Å²) in [6.07, 6.45) is -3.22. The van der Waals surface area contributed by atoms with E-state index in [0.717, 1.165) is 4.90 Å². The van der Waals surface area contributed by atoms with Crippen LogP contribution >= 0.6 is 27.7 Å². The number of nitrogens with one attached hydrogen (secondary N) is 1. The zero-order valence-corrected chi connectivity index (χ0v) is 16.3. The van der Waals surface area contributed by atoms with Gasteiger partial charge in [-0.3, -0.25) is 9.59 Å². The molecular weight excluding hydrogens is 421 g/mol. The summed E-state index contributed by atoms with van der Waals surface area (Å²) in [5.74, 6) is -0.380. The van der Waals surface area contributed by atoms with Crippen LogP contribution in [-0.4, -0.2) is 54.5 Å². The second-order valence-electron chi connectivity index (χ2n) is 5.41. The minimum absolute atomic E-state index is 0.340. The Kier molecular flexibility index (Phi) is 8.78. The average molecular weight is 441 g/mol. The van der Waals surface area contributed by atoms with Crippen molar-refractivity contribution in [1.29, 1.82) is 0 Å². The Labute approximate surface area is 157 Å². The summed E-state index contributed by atoms with van der Waals surface area (Å²) in [6, 6.07) is 5.87. The van der Waals surface area contributed by atoms with Crippen molar-refractivity contribution in [2.45, 2.75) is 25.1 Å². The molecule has 0 fully saturated rings. The van der Waals surface area contributed by atoms with Gasteiger partial charge in [-0.2, -0.15) is 24.9 Å². The van der Waals surface area contributed by atoms with Gasteiger partial charge in [0.05, 0.1) is 12.0 Å². The molecular formula is C16H20BrF3N2O2S. The van der Waals surface area contributed by atoms with Crippen molar-refractivity contribution >= 4 is 39.5 Å². The third kappa shape index (κ3) is 7.68. The van der Waals surface area contributed by atoms with Gasteiger partial charge in [0, 0.05) is 18.1 Å². The lowest BCUT2D eigenvalue weighted by atomic mass is 10.1. The third-order valence-electron chi connectivity index (χ3n) is 3.44. The summed E-state index contributed by atoms with van der Waals surface area (Å²) in [7, 11) is 1.31. The first kappa shape index (κ1) is 21.8. The quantitative estimate of drug-likeness (QED) is 0.670. The molecule has 0 heterocycles. The predicted octanol–water partition coefficient (Wildman–Crippen LogP) is 3.71. The highest BCUT2D eigenvalue weighted by Gasteiger charge is 2.30. The van der Waals surface area contributed by atoms with Crippen molar-refractivity contribution in [2.24, 2.45) is 0 Å². The fourth-order valence-electron chi connectivity index (χ4n) is 2.05. The molecule has 0 bridgehead atoms. The van der Waals surface area contributed by atoms with Crippen molar-refractivity contribution in [1.82, 2.24) is 10.2 Å². The van der Waals surface area contributed by atoms with E-state index < -0.39 is 37.0 Å². The van der Waals surface area contributed by atoms with Crippen LogP contribution in [0.15, 0.2) is 28.7 Å². The number of hydrogen-bond acceptors (Lipinski definition) is 3. The fourth-order valence-corrected chi connectivity index (χ4v) is 2.98. The normalized spacial score (nSPS) is 12.6. The molecule has 1 N–H and O–H groups in total. The maximum Gasteiger partial charge on any atom is 0.390 e. The van der Waals surface area contributed by atoms with Gasteiger partial charge in [0.25, 0.3) is 5.91 Å². The molecule has 140 valence electrons. The van der Waals surface area contributed by atoms with Crippen LogP contribution < -0.4 is 5.32 Å². The Hall–Kier alpha value is -1.22. The van der Waals surface area contributed by atoms with E-state index in [-0.39, 0.29) is 0 Å². The van der Waals surface area contributed by atoms with Gasteiger partial charge in [0.2, 0.25) is 5.91 Å². The van der Waals surface area contributed by atoms with Crippen LogP contribution in [0.2, 0.25) is 0 Å². The molecule has 2 amide bonds. The van der Waals surface area contributed by atoms with Gasteiger partial charge >= 0.3 is 6.18 Å². The molecule has 1 atom stereocenters. The van der Waals surface area contributed by atoms with Crippen molar-refractivity contribution < 1.29 is 22.8 Å². The van der Waals surface area contributed by atoms with Crippen LogP contribution in [0.1, 0.15) is 23.2 Å². The Morgan fingerprint density at radius 3 is 2.52 bits per heavy atom. The molecule has 0 aromatic heterocycles. The standard InChI is InChI=1S/C16H20BrF3N2O2S/c1-22(9-8-16(18,19)20)15(24)13(7-10-25-2)21-14(23)11-5-3-4-6-12(11)17/h3-6,13H,7-10H2,1-2H3,(H,21,23). The zero-order valence-electron chi connectivity index (χ0n) is 13.9. The largest absolute Gasteiger partial charge is 0.390 e. The summed E-state index contributed by atoms with van der Waals surface area (Å²) < 4.78 is 37.6. The summed E-state index contributed by atoms with van der Waals surface area (Å²) >= 11 is 4.76. The highest BCUT2D eigenvalue weighted by Crippen LogP contribution is 2.20. The van der Waals surface area contributed by atoms with Crippen molar-refractivity contribution in [2.75, 3.05) is 25.6 Å². The number of rotatable bonds is 8. The monoisotopic (exact) mass is 440 g/mol. The van der Waals surface area contributed by atoms with E-state index >= 15 is 0 Å². The molecule has 0 saturated heterocycles. The lowest BCUT2D eigenvalue weighted by molar-refractivity contribution is -0.145. The van der Waals surface area contributed by atoms with E-state index in [1.54, 1.807) is 24.3 Å². The average Bonchev–Trinajstić information content (AvgIpc) is 2.55. The number of amides is 2. The number of carbonyl (C=O) groups is 2. The minimum atomic E-state index is -4.33. The first-order valence-corrected chi connectivity index (χ1v) is 9.70. The summed E-state index contributed by atoms with van der Waals surface area (Å²) in [5.41, 5.74) is 0.363. The molecule has 1 unspecified atom stereocenters. The summed E-state index contributed by atoms with van der Waals surface area (Å²) in [4.78, 5) is 25.8. The van der Waals surface area contributed by atoms with E-state index in [2.05, 4.69) is 21.2 Å². The number of nitrogens with zero attached hydrogens (tertiary/aromatic N) is 1. The lowest BCUT2D eigenvalue weighted by Gasteiger charge is -2.25. The van der Waals surface area contributed by atoms with Crippen LogP contribution in [-0.2, 0) is 4.79 Å². The van der Waals surface area contributed by atoms with Gasteiger partial charge in [0.1, 0.15) is 6.04 Å². The molecule has 1 aromatic carbocycles. The Bertz CT molecular complexity index is 599. The van der Waals surface area contributed by atoms with Crippen molar-refractivity contribution in [3.05, 3.63) is 34.3 Å². The van der Waals surface area contributed by atoms with E-state index in [1.807, 2.05) is 6.26 Å². The maximum absolute atomic E-state index is 12.4. The van der Waals surface area contributed by atoms with Gasteiger partial charge in [-0.25, -0.2) is 0 Å². The van der Waals surface area contributed by atoms with Crippen molar-refractivity contribution in [3.63, 3.8) is 0 Å². The van der Waals surface area contributed by atoms with Crippen LogP contribution in [0.4, 0.5) is 13.2 Å². The Balaban J connectivity index is 2.80. The third-order valence-corrected chi connectivity index (χ3v) is 4.77. The molecule has 0 saturated carbocycles. The van der Waals surface area contributed by atoms with E-state index in [4.69, 9.17) is 0 Å². The first-order chi connectivity index (χ1) is 11.7. The SMILES string of the molecule is CSCCC(NC(=O)c1ccccc1Br)C(=O)N(C)CCC(F)(F)F. The highest BCUT2D eigenvalue weighted by molar-refractivity contribution is 9.10. The molecule has 1 rings (SSSR count). The summed E-state index contributed by atoms with van der Waals surface area (Å²) in [6.45, 7) is -0.441. The van der Waals surface area contributed by atoms with Gasteiger partial charge in [-0.15, -0.1) is 0 Å². The highest BCUT2D eigenvalue weighted by atomic mass is 79.9. The maximum atomic E-state index is 12.4. The fraction of sp³-hybridized carbons (Fsp3) is 0.500. The number of likely N-dealkylation sites (N-methyl/N-ethyl adjacent to an activating group) is 1. The molecule has 25 heavy (non-hydrogen) atoms. The van der Waals surface area contributed by atoms with Gasteiger partial charge < -0.3 is 10.2 Å². The zero-order chi connectivity index (χ0) is 19.0. The van der Waals surface area contributed by atoms with Gasteiger partial charge in [-0.05, 0) is 46.5 Å². The first-order valence-electron chi connectivity index (χ1n) is 7.51. The number of halogens is 4. The Morgan fingerprint density at radius 2 is 1.96 bits per heavy atom. The van der Waals surface area contributed by atoms with Crippen molar-refractivity contribution in [3.8, 4) is 0 Å². The van der Waals surface area contributed by atoms with E-state index in [0.29, 0.717) is 22.2 Å². The molecule has 4 nitrogen and oxygen atoms in total. The molecule has 1 aromatic rings. The number of carbonyl (C=O) groups excluding carboxylic acids is 2.